The van der Waals surface area contributed by atoms with Crippen molar-refractivity contribution in [2.75, 3.05) is 5.32 Å². The van der Waals surface area contributed by atoms with Gasteiger partial charge < -0.3 is 11.1 Å². The van der Waals surface area contributed by atoms with Crippen LogP contribution in [0.2, 0.25) is 0 Å². The number of rotatable bonds is 4. The van der Waals surface area contributed by atoms with E-state index in [1.54, 1.807) is 0 Å². The largest absolute Gasteiger partial charge is 0.325 e. The lowest BCUT2D eigenvalue weighted by atomic mass is 10.2. The van der Waals surface area contributed by atoms with Gasteiger partial charge in [-0.3, -0.25) is 19.9 Å². The molecular formula is C13H11FN4O3. The van der Waals surface area contributed by atoms with Crippen LogP contribution in [0, 0.1) is 15.9 Å². The van der Waals surface area contributed by atoms with Crippen LogP contribution in [0.3, 0.4) is 0 Å². The number of nitro groups is 1. The molecule has 1 aromatic carbocycles. The third-order valence-corrected chi connectivity index (χ3v) is 2.69. The van der Waals surface area contributed by atoms with Crippen LogP contribution in [-0.2, 0) is 6.54 Å². The molecule has 1 aromatic heterocycles. The molecule has 0 bridgehead atoms. The molecule has 8 heteroatoms. The molecule has 21 heavy (non-hydrogen) atoms. The number of carbonyl (C=O) groups is 1. The summed E-state index contributed by atoms with van der Waals surface area (Å²) in [6.07, 6.45) is 1.41. The first-order valence-corrected chi connectivity index (χ1v) is 5.91. The lowest BCUT2D eigenvalue weighted by Gasteiger charge is -2.07. The first kappa shape index (κ1) is 14.5. The van der Waals surface area contributed by atoms with Crippen molar-refractivity contribution >= 4 is 17.3 Å². The van der Waals surface area contributed by atoms with Gasteiger partial charge in [0, 0.05) is 18.3 Å². The Labute approximate surface area is 118 Å². The number of nitrogens with one attached hydrogen (secondary N) is 1. The van der Waals surface area contributed by atoms with Gasteiger partial charge in [0.2, 0.25) is 0 Å². The fraction of sp³-hybridized carbons (Fsp3) is 0.0769. The molecule has 0 unspecified atom stereocenters. The van der Waals surface area contributed by atoms with Gasteiger partial charge in [-0.05, 0) is 24.3 Å². The Morgan fingerprint density at radius 1 is 1.38 bits per heavy atom. The maximum Gasteiger partial charge on any atom is 0.295 e. The first-order chi connectivity index (χ1) is 10.0. The Morgan fingerprint density at radius 2 is 2.14 bits per heavy atom. The van der Waals surface area contributed by atoms with Gasteiger partial charge in [-0.25, -0.2) is 4.39 Å². The zero-order valence-corrected chi connectivity index (χ0v) is 10.7. The van der Waals surface area contributed by atoms with Gasteiger partial charge in [0.25, 0.3) is 11.6 Å². The number of aromatic nitrogens is 1. The van der Waals surface area contributed by atoms with Crippen molar-refractivity contribution in [3.63, 3.8) is 0 Å². The summed E-state index contributed by atoms with van der Waals surface area (Å²) in [6, 6.07) is 5.83. The molecule has 0 saturated heterocycles. The Hall–Kier alpha value is -2.87. The van der Waals surface area contributed by atoms with Crippen molar-refractivity contribution < 1.29 is 14.1 Å². The van der Waals surface area contributed by atoms with E-state index in [1.165, 1.54) is 18.3 Å². The van der Waals surface area contributed by atoms with Gasteiger partial charge >= 0.3 is 0 Å². The van der Waals surface area contributed by atoms with Gasteiger partial charge in [0.1, 0.15) is 11.5 Å². The minimum absolute atomic E-state index is 0.0856. The van der Waals surface area contributed by atoms with Crippen LogP contribution in [-0.4, -0.2) is 15.8 Å². The van der Waals surface area contributed by atoms with Crippen molar-refractivity contribution in [3.8, 4) is 0 Å². The maximum atomic E-state index is 13.0. The van der Waals surface area contributed by atoms with E-state index in [0.717, 1.165) is 18.2 Å². The second-order valence-electron chi connectivity index (χ2n) is 4.11. The number of nitrogens with two attached hydrogens (primary N) is 1. The van der Waals surface area contributed by atoms with E-state index in [4.69, 9.17) is 5.73 Å². The van der Waals surface area contributed by atoms with E-state index in [1.807, 2.05) is 0 Å². The zero-order valence-electron chi connectivity index (χ0n) is 10.7. The van der Waals surface area contributed by atoms with Crippen molar-refractivity contribution in [1.82, 2.24) is 4.98 Å². The number of anilines is 1. The minimum atomic E-state index is -0.767. The smallest absolute Gasteiger partial charge is 0.295 e. The summed E-state index contributed by atoms with van der Waals surface area (Å²) < 4.78 is 13.0. The molecule has 0 aliphatic carbocycles. The van der Waals surface area contributed by atoms with Gasteiger partial charge in [-0.2, -0.15) is 0 Å². The Morgan fingerprint density at radius 3 is 2.81 bits per heavy atom. The number of hydrogen-bond acceptors (Lipinski definition) is 5. The summed E-state index contributed by atoms with van der Waals surface area (Å²) in [4.78, 5) is 26.1. The summed E-state index contributed by atoms with van der Waals surface area (Å²) >= 11 is 0. The Balaban J connectivity index is 2.29. The third kappa shape index (κ3) is 3.37. The molecule has 1 amide bonds. The fourth-order valence-corrected chi connectivity index (χ4v) is 1.69. The molecule has 3 N–H and O–H groups in total. The van der Waals surface area contributed by atoms with Crippen LogP contribution in [0.25, 0.3) is 0 Å². The van der Waals surface area contributed by atoms with Gasteiger partial charge in [0.05, 0.1) is 16.7 Å². The average molecular weight is 290 g/mol. The van der Waals surface area contributed by atoms with Crippen molar-refractivity contribution in [2.24, 2.45) is 5.73 Å². The quantitative estimate of drug-likeness (QED) is 0.659. The van der Waals surface area contributed by atoms with Crippen LogP contribution in [0.5, 0.6) is 0 Å². The summed E-state index contributed by atoms with van der Waals surface area (Å²) in [6.45, 7) is 0.165. The van der Waals surface area contributed by atoms with Crippen LogP contribution < -0.4 is 11.1 Å². The monoisotopic (exact) mass is 290 g/mol. The molecule has 0 aliphatic rings. The van der Waals surface area contributed by atoms with Crippen LogP contribution in [0.15, 0.2) is 36.5 Å². The molecule has 0 fully saturated rings. The fourth-order valence-electron chi connectivity index (χ4n) is 1.69. The molecule has 0 atom stereocenters. The minimum Gasteiger partial charge on any atom is -0.325 e. The third-order valence-electron chi connectivity index (χ3n) is 2.69. The van der Waals surface area contributed by atoms with Crippen LogP contribution >= 0.6 is 0 Å². The van der Waals surface area contributed by atoms with Crippen molar-refractivity contribution in [2.45, 2.75) is 6.54 Å². The second-order valence-corrected chi connectivity index (χ2v) is 4.11. The highest BCUT2D eigenvalue weighted by atomic mass is 19.1. The molecule has 0 spiro atoms. The molecule has 2 aromatic rings. The number of carbonyl (C=O) groups excluding carboxylic acids is 1. The van der Waals surface area contributed by atoms with E-state index in [-0.39, 0.29) is 17.8 Å². The molecule has 7 nitrogen and oxygen atoms in total. The molecule has 0 radical (unpaired) electrons. The summed E-state index contributed by atoms with van der Waals surface area (Å²) in [5, 5.41) is 13.2. The number of hydrogen-bond donors (Lipinski definition) is 2. The highest BCUT2D eigenvalue weighted by Gasteiger charge is 2.17. The van der Waals surface area contributed by atoms with E-state index in [2.05, 4.69) is 10.3 Å². The molecule has 108 valence electrons. The van der Waals surface area contributed by atoms with E-state index >= 15 is 0 Å². The summed E-state index contributed by atoms with van der Waals surface area (Å²) in [7, 11) is 0. The van der Waals surface area contributed by atoms with Crippen LogP contribution in [0.4, 0.5) is 15.8 Å². The number of nitro benzene ring substituents is 1. The molecular weight excluding hydrogens is 279 g/mol. The lowest BCUT2D eigenvalue weighted by Crippen LogP contribution is -2.14. The van der Waals surface area contributed by atoms with E-state index in [0.29, 0.717) is 5.69 Å². The maximum absolute atomic E-state index is 13.0. The zero-order chi connectivity index (χ0) is 15.4. The van der Waals surface area contributed by atoms with Gasteiger partial charge in [-0.15, -0.1) is 0 Å². The first-order valence-electron chi connectivity index (χ1n) is 5.91. The Bertz CT molecular complexity index is 706. The molecule has 0 saturated carbocycles. The van der Waals surface area contributed by atoms with Crippen molar-refractivity contribution in [3.05, 3.63) is 63.7 Å². The normalized spacial score (nSPS) is 10.2. The SMILES string of the molecule is NCc1cc(C(=O)Nc2ccc(F)cc2[N+](=O)[O-])ccn1. The number of benzene rings is 1. The standard InChI is InChI=1S/C13H11FN4O3/c14-9-1-2-11(12(6-9)18(20)21)17-13(19)8-3-4-16-10(5-8)7-15/h1-6H,7,15H2,(H,17,19). The lowest BCUT2D eigenvalue weighted by molar-refractivity contribution is -0.384. The topological polar surface area (TPSA) is 111 Å². The number of pyridine rings is 1. The summed E-state index contributed by atoms with van der Waals surface area (Å²) in [5.41, 5.74) is 5.59. The van der Waals surface area contributed by atoms with Crippen molar-refractivity contribution in [1.29, 1.82) is 0 Å². The Kier molecular flexibility index (Phi) is 4.19. The van der Waals surface area contributed by atoms with E-state index < -0.39 is 22.3 Å². The summed E-state index contributed by atoms with van der Waals surface area (Å²) in [5.74, 6) is -1.32. The number of nitrogens with zero attached hydrogens (tertiary/aromatic N) is 2. The van der Waals surface area contributed by atoms with Crippen LogP contribution in [0.1, 0.15) is 16.1 Å². The predicted molar refractivity (Wildman–Crippen MR) is 73.1 cm³/mol. The predicted octanol–water partition coefficient (Wildman–Crippen LogP) is 1.84. The highest BCUT2D eigenvalue weighted by Crippen LogP contribution is 2.25. The molecule has 0 aliphatic heterocycles. The molecule has 1 heterocycles. The number of halogens is 1. The average Bonchev–Trinajstić information content (AvgIpc) is 2.48. The molecule has 2 rings (SSSR count). The number of amides is 1. The van der Waals surface area contributed by atoms with E-state index in [9.17, 15) is 19.3 Å². The highest BCUT2D eigenvalue weighted by molar-refractivity contribution is 6.05. The van der Waals surface area contributed by atoms with Gasteiger partial charge in [0.15, 0.2) is 0 Å². The second kappa shape index (κ2) is 6.06. The van der Waals surface area contributed by atoms with Gasteiger partial charge in [-0.1, -0.05) is 0 Å².